The Hall–Kier alpha value is -1.30. The molecule has 102 valence electrons. The second-order valence-corrected chi connectivity index (χ2v) is 5.41. The van der Waals surface area contributed by atoms with Crippen LogP contribution in [0.1, 0.15) is 26.7 Å². The van der Waals surface area contributed by atoms with Crippen LogP contribution in [0, 0.1) is 5.41 Å². The Morgan fingerprint density at radius 3 is 2.33 bits per heavy atom. The van der Waals surface area contributed by atoms with E-state index in [0.29, 0.717) is 25.9 Å². The number of carboxylic acid groups (broad SMARTS) is 1. The Morgan fingerprint density at radius 2 is 1.89 bits per heavy atom. The third-order valence-corrected chi connectivity index (χ3v) is 3.59. The average molecular weight is 256 g/mol. The molecule has 2 amide bonds. The minimum atomic E-state index is -0.813. The van der Waals surface area contributed by atoms with Crippen molar-refractivity contribution in [3.05, 3.63) is 0 Å². The smallest absolute Gasteiger partial charge is 0.317 e. The Morgan fingerprint density at radius 1 is 1.33 bits per heavy atom. The van der Waals surface area contributed by atoms with Crippen LogP contribution in [-0.2, 0) is 9.53 Å². The molecular formula is C12H20N2O4. The quantitative estimate of drug-likeness (QED) is 0.778. The van der Waals surface area contributed by atoms with Gasteiger partial charge in [-0.3, -0.25) is 4.79 Å². The van der Waals surface area contributed by atoms with Crippen LogP contribution in [0.5, 0.6) is 0 Å². The number of amides is 2. The van der Waals surface area contributed by atoms with Crippen LogP contribution in [0.15, 0.2) is 0 Å². The number of hydrogen-bond acceptors (Lipinski definition) is 3. The molecule has 1 saturated heterocycles. The van der Waals surface area contributed by atoms with E-state index in [2.05, 4.69) is 5.32 Å². The largest absolute Gasteiger partial charge is 0.481 e. The second-order valence-electron chi connectivity index (χ2n) is 5.41. The van der Waals surface area contributed by atoms with Crippen LogP contribution in [0.3, 0.4) is 0 Å². The summed E-state index contributed by atoms with van der Waals surface area (Å²) in [5.41, 5.74) is -0.709. The average Bonchev–Trinajstić information content (AvgIpc) is 3.05. The van der Waals surface area contributed by atoms with E-state index in [1.165, 1.54) is 0 Å². The van der Waals surface area contributed by atoms with Crippen molar-refractivity contribution in [2.45, 2.75) is 38.9 Å². The van der Waals surface area contributed by atoms with Gasteiger partial charge in [-0.05, 0) is 26.7 Å². The maximum Gasteiger partial charge on any atom is 0.317 e. The van der Waals surface area contributed by atoms with Crippen molar-refractivity contribution >= 4 is 12.0 Å². The van der Waals surface area contributed by atoms with Gasteiger partial charge in [-0.2, -0.15) is 0 Å². The first-order valence-electron chi connectivity index (χ1n) is 6.34. The van der Waals surface area contributed by atoms with Gasteiger partial charge >= 0.3 is 12.0 Å². The minimum absolute atomic E-state index is 0.0221. The van der Waals surface area contributed by atoms with Crippen LogP contribution in [0.4, 0.5) is 4.79 Å². The summed E-state index contributed by atoms with van der Waals surface area (Å²) in [6, 6.07) is -0.190. The maximum atomic E-state index is 12.0. The van der Waals surface area contributed by atoms with E-state index in [4.69, 9.17) is 9.84 Å². The summed E-state index contributed by atoms with van der Waals surface area (Å²) in [5, 5.41) is 11.8. The van der Waals surface area contributed by atoms with Gasteiger partial charge in [0, 0.05) is 19.6 Å². The number of urea groups is 1. The molecule has 0 aromatic carbocycles. The van der Waals surface area contributed by atoms with Gasteiger partial charge in [-0.1, -0.05) is 0 Å². The highest BCUT2D eigenvalue weighted by Gasteiger charge is 2.50. The van der Waals surface area contributed by atoms with Gasteiger partial charge < -0.3 is 20.1 Å². The molecule has 0 bridgehead atoms. The topological polar surface area (TPSA) is 78.9 Å². The molecule has 1 aliphatic heterocycles. The van der Waals surface area contributed by atoms with E-state index in [0.717, 1.165) is 0 Å². The van der Waals surface area contributed by atoms with Crippen molar-refractivity contribution in [3.8, 4) is 0 Å². The molecule has 1 heterocycles. The number of carbonyl (C=O) groups excluding carboxylic acids is 1. The van der Waals surface area contributed by atoms with Gasteiger partial charge in [0.2, 0.25) is 0 Å². The van der Waals surface area contributed by atoms with Crippen molar-refractivity contribution in [1.82, 2.24) is 10.2 Å². The fraction of sp³-hybridized carbons (Fsp3) is 0.833. The number of nitrogens with zero attached hydrogens (tertiary/aromatic N) is 1. The molecule has 2 atom stereocenters. The highest BCUT2D eigenvalue weighted by molar-refractivity contribution is 5.80. The Balaban J connectivity index is 1.83. The van der Waals surface area contributed by atoms with Crippen molar-refractivity contribution in [2.75, 3.05) is 19.6 Å². The normalized spacial score (nSPS) is 29.8. The van der Waals surface area contributed by atoms with E-state index in [1.807, 2.05) is 13.8 Å². The monoisotopic (exact) mass is 256 g/mol. The summed E-state index contributed by atoms with van der Waals surface area (Å²) in [4.78, 5) is 24.6. The number of hydrogen-bond donors (Lipinski definition) is 2. The molecule has 6 nitrogen and oxygen atoms in total. The van der Waals surface area contributed by atoms with Crippen LogP contribution in [0.2, 0.25) is 0 Å². The first kappa shape index (κ1) is 13.1. The Bertz CT molecular complexity index is 344. The standard InChI is InChI=1S/C12H20N2O4/c1-8-5-14(6-9(2)18-8)11(17)13-7-12(3-4-12)10(15)16/h8-9H,3-7H2,1-2H3,(H,13,17)(H,15,16). The first-order chi connectivity index (χ1) is 8.43. The third-order valence-electron chi connectivity index (χ3n) is 3.59. The summed E-state index contributed by atoms with van der Waals surface area (Å²) >= 11 is 0. The molecule has 6 heteroatoms. The lowest BCUT2D eigenvalue weighted by Gasteiger charge is -2.35. The number of carbonyl (C=O) groups is 2. The van der Waals surface area contributed by atoms with E-state index < -0.39 is 11.4 Å². The fourth-order valence-electron chi connectivity index (χ4n) is 2.32. The van der Waals surface area contributed by atoms with Gasteiger partial charge in [0.15, 0.2) is 0 Å². The molecule has 1 saturated carbocycles. The van der Waals surface area contributed by atoms with Gasteiger partial charge in [0.25, 0.3) is 0 Å². The zero-order valence-electron chi connectivity index (χ0n) is 10.8. The van der Waals surface area contributed by atoms with Crippen molar-refractivity contribution in [3.63, 3.8) is 0 Å². The molecule has 1 aliphatic carbocycles. The number of ether oxygens (including phenoxy) is 1. The molecule has 0 spiro atoms. The Labute approximate surface area is 106 Å². The van der Waals surface area contributed by atoms with Gasteiger partial charge in [0.05, 0.1) is 17.6 Å². The third kappa shape index (κ3) is 2.75. The number of nitrogens with one attached hydrogen (secondary N) is 1. The van der Waals surface area contributed by atoms with E-state index in [9.17, 15) is 9.59 Å². The van der Waals surface area contributed by atoms with Crippen LogP contribution in [-0.4, -0.2) is 53.8 Å². The first-order valence-corrected chi connectivity index (χ1v) is 6.34. The molecule has 2 aliphatic rings. The predicted molar refractivity (Wildman–Crippen MR) is 64.3 cm³/mol. The van der Waals surface area contributed by atoms with Crippen molar-refractivity contribution in [2.24, 2.45) is 5.41 Å². The van der Waals surface area contributed by atoms with Gasteiger partial charge in [0.1, 0.15) is 0 Å². The summed E-state index contributed by atoms with van der Waals surface area (Å²) < 4.78 is 5.55. The van der Waals surface area contributed by atoms with Crippen LogP contribution in [0.25, 0.3) is 0 Å². The molecule has 0 aromatic rings. The lowest BCUT2D eigenvalue weighted by Crippen LogP contribution is -2.52. The molecular weight excluding hydrogens is 236 g/mol. The summed E-state index contributed by atoms with van der Waals surface area (Å²) in [5.74, 6) is -0.813. The predicted octanol–water partition coefficient (Wildman–Crippen LogP) is 0.670. The van der Waals surface area contributed by atoms with E-state index >= 15 is 0 Å². The second kappa shape index (κ2) is 4.76. The zero-order valence-corrected chi connectivity index (χ0v) is 10.8. The van der Waals surface area contributed by atoms with E-state index in [-0.39, 0.29) is 24.8 Å². The van der Waals surface area contributed by atoms with Crippen LogP contribution >= 0.6 is 0 Å². The summed E-state index contributed by atoms with van der Waals surface area (Å²) in [6.45, 7) is 5.18. The molecule has 2 N–H and O–H groups in total. The highest BCUT2D eigenvalue weighted by Crippen LogP contribution is 2.45. The van der Waals surface area contributed by atoms with Crippen LogP contribution < -0.4 is 5.32 Å². The molecule has 0 aromatic heterocycles. The molecule has 0 radical (unpaired) electrons. The van der Waals surface area contributed by atoms with Gasteiger partial charge in [-0.15, -0.1) is 0 Å². The highest BCUT2D eigenvalue weighted by atomic mass is 16.5. The number of morpholine rings is 1. The minimum Gasteiger partial charge on any atom is -0.481 e. The Kier molecular flexibility index (Phi) is 3.47. The lowest BCUT2D eigenvalue weighted by molar-refractivity contribution is -0.143. The fourth-order valence-corrected chi connectivity index (χ4v) is 2.32. The SMILES string of the molecule is CC1CN(C(=O)NCC2(C(=O)O)CC2)CC(C)O1. The summed E-state index contributed by atoms with van der Waals surface area (Å²) in [7, 11) is 0. The molecule has 2 fully saturated rings. The van der Waals surface area contributed by atoms with E-state index in [1.54, 1.807) is 4.90 Å². The molecule has 18 heavy (non-hydrogen) atoms. The van der Waals surface area contributed by atoms with Crippen molar-refractivity contribution < 1.29 is 19.4 Å². The van der Waals surface area contributed by atoms with Gasteiger partial charge in [-0.25, -0.2) is 4.79 Å². The summed E-state index contributed by atoms with van der Waals surface area (Å²) in [6.07, 6.45) is 1.35. The zero-order chi connectivity index (χ0) is 13.3. The lowest BCUT2D eigenvalue weighted by atomic mass is 10.1. The number of rotatable bonds is 3. The molecule has 2 rings (SSSR count). The number of aliphatic carboxylic acids is 1. The maximum absolute atomic E-state index is 12.0. The number of carboxylic acids is 1. The van der Waals surface area contributed by atoms with Crippen molar-refractivity contribution in [1.29, 1.82) is 0 Å². The molecule has 2 unspecified atom stereocenters.